The molecule has 3 nitrogen and oxygen atoms in total. The first-order valence-electron chi connectivity index (χ1n) is 15.2. The molecule has 0 amide bonds. The van der Waals surface area contributed by atoms with Crippen molar-refractivity contribution in [2.45, 2.75) is 0 Å². The molecule has 216 valence electrons. The largest absolute Gasteiger partial charge is 0.236 e. The van der Waals surface area contributed by atoms with E-state index in [0.29, 0.717) is 5.82 Å². The number of hydrogen-bond acceptors (Lipinski definition) is 5. The monoisotopic (exact) mass is 623 g/mol. The van der Waals surface area contributed by atoms with Gasteiger partial charge in [-0.15, -0.1) is 22.7 Å². The molecule has 0 unspecified atom stereocenters. The third-order valence-corrected chi connectivity index (χ3v) is 10.6. The summed E-state index contributed by atoms with van der Waals surface area (Å²) in [7, 11) is 0. The van der Waals surface area contributed by atoms with Gasteiger partial charge in [-0.05, 0) is 41.5 Å². The molecule has 0 saturated carbocycles. The second kappa shape index (κ2) is 11.1. The Labute approximate surface area is 274 Å². The fourth-order valence-electron chi connectivity index (χ4n) is 6.16. The molecule has 0 aliphatic heterocycles. The van der Waals surface area contributed by atoms with Crippen molar-refractivity contribution < 1.29 is 0 Å². The van der Waals surface area contributed by atoms with E-state index in [-0.39, 0.29) is 0 Å². The Morgan fingerprint density at radius 2 is 1.07 bits per heavy atom. The molecule has 3 heterocycles. The first kappa shape index (κ1) is 26.9. The number of thiophene rings is 1. The van der Waals surface area contributed by atoms with Gasteiger partial charge < -0.3 is 0 Å². The summed E-state index contributed by atoms with van der Waals surface area (Å²) in [5, 5.41) is 3.49. The highest BCUT2D eigenvalue weighted by Crippen LogP contribution is 2.45. The van der Waals surface area contributed by atoms with E-state index in [2.05, 4.69) is 127 Å². The summed E-state index contributed by atoms with van der Waals surface area (Å²) < 4.78 is 3.68. The van der Waals surface area contributed by atoms with Gasteiger partial charge in [0.05, 0.1) is 21.6 Å². The SMILES string of the molecule is c1ccc(-c2cccc(-c3cc(-c4cccc5sc6c(-c7nc8ccccc8s7)cccc6c45)nc(-c4ccccc4)n3)c2)cc1. The number of fused-ring (bicyclic) bond motifs is 4. The van der Waals surface area contributed by atoms with E-state index in [1.54, 1.807) is 11.3 Å². The molecule has 0 spiro atoms. The minimum Gasteiger partial charge on any atom is -0.236 e. The molecule has 46 heavy (non-hydrogen) atoms. The van der Waals surface area contributed by atoms with E-state index in [1.165, 1.54) is 36.0 Å². The summed E-state index contributed by atoms with van der Waals surface area (Å²) in [4.78, 5) is 15.3. The van der Waals surface area contributed by atoms with Crippen molar-refractivity contribution in [1.29, 1.82) is 0 Å². The van der Waals surface area contributed by atoms with Gasteiger partial charge in [0.2, 0.25) is 0 Å². The smallest absolute Gasteiger partial charge is 0.160 e. The predicted octanol–water partition coefficient (Wildman–Crippen LogP) is 11.8. The predicted molar refractivity (Wildman–Crippen MR) is 195 cm³/mol. The van der Waals surface area contributed by atoms with Gasteiger partial charge >= 0.3 is 0 Å². The molecule has 9 rings (SSSR count). The Morgan fingerprint density at radius 1 is 0.413 bits per heavy atom. The van der Waals surface area contributed by atoms with E-state index in [4.69, 9.17) is 15.0 Å². The maximum Gasteiger partial charge on any atom is 0.160 e. The van der Waals surface area contributed by atoms with Crippen LogP contribution >= 0.6 is 22.7 Å². The van der Waals surface area contributed by atoms with Crippen molar-refractivity contribution >= 4 is 53.1 Å². The number of aromatic nitrogens is 3. The summed E-state index contributed by atoms with van der Waals surface area (Å²) in [6.07, 6.45) is 0. The Balaban J connectivity index is 1.25. The summed E-state index contributed by atoms with van der Waals surface area (Å²) >= 11 is 3.58. The lowest BCUT2D eigenvalue weighted by molar-refractivity contribution is 1.19. The Hall–Kier alpha value is -5.49. The maximum absolute atomic E-state index is 5.21. The third-order valence-electron chi connectivity index (χ3n) is 8.35. The van der Waals surface area contributed by atoms with Crippen LogP contribution in [0.4, 0.5) is 0 Å². The van der Waals surface area contributed by atoms with Gasteiger partial charge in [-0.3, -0.25) is 0 Å². The van der Waals surface area contributed by atoms with Gasteiger partial charge in [0.1, 0.15) is 5.01 Å². The number of para-hydroxylation sites is 1. The van der Waals surface area contributed by atoms with Crippen LogP contribution < -0.4 is 0 Å². The van der Waals surface area contributed by atoms with Crippen molar-refractivity contribution in [1.82, 2.24) is 15.0 Å². The Bertz CT molecular complexity index is 2500. The minimum absolute atomic E-state index is 0.713. The van der Waals surface area contributed by atoms with Crippen molar-refractivity contribution in [2.75, 3.05) is 0 Å². The van der Waals surface area contributed by atoms with Crippen LogP contribution in [0.15, 0.2) is 152 Å². The zero-order valence-electron chi connectivity index (χ0n) is 24.6. The van der Waals surface area contributed by atoms with E-state index in [9.17, 15) is 0 Å². The van der Waals surface area contributed by atoms with Crippen molar-refractivity contribution in [2.24, 2.45) is 0 Å². The highest BCUT2D eigenvalue weighted by atomic mass is 32.1. The standard InChI is InChI=1S/C41H25N3S2/c1-3-12-26(13-4-1)28-16-9-17-29(24-28)34-25-35(43-40(42-34)27-14-5-2-6-15-27)30-18-11-23-37-38(30)31-19-10-20-32(39(31)45-37)41-44-33-21-7-8-22-36(33)46-41/h1-25H. The van der Waals surface area contributed by atoms with Crippen LogP contribution in [-0.4, -0.2) is 15.0 Å². The quantitative estimate of drug-likeness (QED) is 0.191. The Morgan fingerprint density at radius 3 is 1.91 bits per heavy atom. The minimum atomic E-state index is 0.713. The van der Waals surface area contributed by atoms with Crippen LogP contribution in [-0.2, 0) is 0 Å². The van der Waals surface area contributed by atoms with Crippen molar-refractivity contribution in [3.63, 3.8) is 0 Å². The number of rotatable bonds is 5. The molecule has 9 aromatic rings. The highest BCUT2D eigenvalue weighted by molar-refractivity contribution is 7.27. The molecule has 3 aromatic heterocycles. The van der Waals surface area contributed by atoms with Crippen molar-refractivity contribution in [3.05, 3.63) is 152 Å². The molecular weight excluding hydrogens is 599 g/mol. The number of thiazole rings is 1. The lowest BCUT2D eigenvalue weighted by atomic mass is 9.99. The molecule has 0 saturated heterocycles. The van der Waals surface area contributed by atoms with Gasteiger partial charge in [-0.25, -0.2) is 15.0 Å². The van der Waals surface area contributed by atoms with Gasteiger partial charge in [-0.2, -0.15) is 0 Å². The van der Waals surface area contributed by atoms with Gasteiger partial charge in [0.25, 0.3) is 0 Å². The molecule has 0 aliphatic rings. The van der Waals surface area contributed by atoms with Crippen LogP contribution in [0.5, 0.6) is 0 Å². The fraction of sp³-hybridized carbons (Fsp3) is 0. The summed E-state index contributed by atoms with van der Waals surface area (Å²) in [5.74, 6) is 0.713. The normalized spacial score (nSPS) is 11.5. The first-order valence-corrected chi connectivity index (χ1v) is 16.8. The average molecular weight is 624 g/mol. The van der Waals surface area contributed by atoms with Crippen LogP contribution in [0, 0.1) is 0 Å². The second-order valence-corrected chi connectivity index (χ2v) is 13.3. The molecule has 0 N–H and O–H groups in total. The molecule has 6 aromatic carbocycles. The summed E-state index contributed by atoms with van der Waals surface area (Å²) in [5.41, 5.74) is 9.51. The topological polar surface area (TPSA) is 38.7 Å². The molecule has 5 heteroatoms. The first-order chi connectivity index (χ1) is 22.8. The van der Waals surface area contributed by atoms with E-state index < -0.39 is 0 Å². The maximum atomic E-state index is 5.21. The van der Waals surface area contributed by atoms with Crippen LogP contribution in [0.2, 0.25) is 0 Å². The van der Waals surface area contributed by atoms with Crippen LogP contribution in [0.25, 0.3) is 86.0 Å². The average Bonchev–Trinajstić information content (AvgIpc) is 3.74. The van der Waals surface area contributed by atoms with Gasteiger partial charge in [0.15, 0.2) is 5.82 Å². The molecule has 0 fully saturated rings. The third kappa shape index (κ3) is 4.69. The second-order valence-electron chi connectivity index (χ2n) is 11.2. The van der Waals surface area contributed by atoms with Crippen LogP contribution in [0.3, 0.4) is 0 Å². The number of hydrogen-bond donors (Lipinski definition) is 0. The molecule has 0 aliphatic carbocycles. The summed E-state index contributed by atoms with van der Waals surface area (Å²) in [6, 6.07) is 53.0. The molecule has 0 bridgehead atoms. The highest BCUT2D eigenvalue weighted by Gasteiger charge is 2.18. The molecular formula is C41H25N3S2. The zero-order valence-corrected chi connectivity index (χ0v) is 26.2. The van der Waals surface area contributed by atoms with Gasteiger partial charge in [-0.1, -0.05) is 121 Å². The van der Waals surface area contributed by atoms with E-state index in [1.807, 2.05) is 35.6 Å². The molecule has 0 radical (unpaired) electrons. The van der Waals surface area contributed by atoms with E-state index in [0.717, 1.165) is 44.2 Å². The zero-order chi connectivity index (χ0) is 30.5. The van der Waals surface area contributed by atoms with Crippen molar-refractivity contribution in [3.8, 4) is 55.6 Å². The molecule has 0 atom stereocenters. The number of nitrogens with zero attached hydrogens (tertiary/aromatic N) is 3. The van der Waals surface area contributed by atoms with Gasteiger partial charge in [0, 0.05) is 42.4 Å². The fourth-order valence-corrected chi connectivity index (χ4v) is 8.46. The lowest BCUT2D eigenvalue weighted by Crippen LogP contribution is -1.96. The van der Waals surface area contributed by atoms with Crippen LogP contribution in [0.1, 0.15) is 0 Å². The van der Waals surface area contributed by atoms with E-state index >= 15 is 0 Å². The summed E-state index contributed by atoms with van der Waals surface area (Å²) in [6.45, 7) is 0. The number of benzene rings is 6. The Kier molecular flexibility index (Phi) is 6.51. The lowest BCUT2D eigenvalue weighted by Gasteiger charge is -2.11.